The predicted octanol–water partition coefficient (Wildman–Crippen LogP) is -0.169. The number of nitrogens with one attached hydrogen (secondary N) is 3. The van der Waals surface area contributed by atoms with Crippen LogP contribution in [0.25, 0.3) is 0 Å². The molecule has 0 fully saturated rings. The second-order valence-electron chi connectivity index (χ2n) is 3.94. The van der Waals surface area contributed by atoms with Crippen LogP contribution < -0.4 is 10.0 Å². The first-order valence-electron chi connectivity index (χ1n) is 5.66. The molecular weight excluding hydrogens is 256 g/mol. The van der Waals surface area contributed by atoms with Gasteiger partial charge in [0.1, 0.15) is 4.90 Å². The van der Waals surface area contributed by atoms with E-state index in [1.54, 1.807) is 13.8 Å². The van der Waals surface area contributed by atoms with Crippen LogP contribution in [0.3, 0.4) is 0 Å². The van der Waals surface area contributed by atoms with E-state index < -0.39 is 10.0 Å². The molecule has 1 heterocycles. The zero-order valence-electron chi connectivity index (χ0n) is 10.7. The van der Waals surface area contributed by atoms with E-state index in [2.05, 4.69) is 20.2 Å². The van der Waals surface area contributed by atoms with Gasteiger partial charge < -0.3 is 5.32 Å². The molecule has 1 aromatic heterocycles. The summed E-state index contributed by atoms with van der Waals surface area (Å²) in [5, 5.41) is 9.00. The Morgan fingerprint density at radius 2 is 2.06 bits per heavy atom. The Morgan fingerprint density at radius 3 is 2.56 bits per heavy atom. The molecule has 18 heavy (non-hydrogen) atoms. The highest BCUT2D eigenvalue weighted by atomic mass is 32.2. The van der Waals surface area contributed by atoms with Crippen LogP contribution in [0.2, 0.25) is 0 Å². The van der Waals surface area contributed by atoms with Gasteiger partial charge in [0.2, 0.25) is 15.9 Å². The minimum atomic E-state index is -3.70. The van der Waals surface area contributed by atoms with Gasteiger partial charge in [0.25, 0.3) is 0 Å². The van der Waals surface area contributed by atoms with Crippen LogP contribution in [0.5, 0.6) is 0 Å². The van der Waals surface area contributed by atoms with Crippen LogP contribution in [0.4, 0.5) is 0 Å². The normalized spacial score (nSPS) is 11.5. The molecule has 0 spiro atoms. The number of hydrogen-bond donors (Lipinski definition) is 3. The minimum Gasteiger partial charge on any atom is -0.355 e. The van der Waals surface area contributed by atoms with Crippen molar-refractivity contribution in [2.75, 3.05) is 13.1 Å². The molecule has 0 aliphatic carbocycles. The average Bonchev–Trinajstić information content (AvgIpc) is 2.64. The van der Waals surface area contributed by atoms with Crippen LogP contribution in [0, 0.1) is 13.8 Å². The Hall–Kier alpha value is -1.41. The van der Waals surface area contributed by atoms with E-state index >= 15 is 0 Å². The highest BCUT2D eigenvalue weighted by molar-refractivity contribution is 7.89. The lowest BCUT2D eigenvalue weighted by Gasteiger charge is -2.07. The minimum absolute atomic E-state index is 0.103. The molecule has 102 valence electrons. The number of aromatic amines is 1. The molecule has 1 amide bonds. The van der Waals surface area contributed by atoms with Gasteiger partial charge in [0, 0.05) is 6.54 Å². The van der Waals surface area contributed by atoms with Crippen molar-refractivity contribution in [2.45, 2.75) is 32.1 Å². The summed E-state index contributed by atoms with van der Waals surface area (Å²) in [6.07, 6.45) is 0.804. The maximum Gasteiger partial charge on any atom is 0.244 e. The number of carbonyl (C=O) groups is 1. The summed E-state index contributed by atoms with van der Waals surface area (Å²) in [6, 6.07) is 0. The number of aryl methyl sites for hydroxylation is 2. The number of sulfonamides is 1. The number of H-pyrrole nitrogens is 1. The van der Waals surface area contributed by atoms with Crippen molar-refractivity contribution in [2.24, 2.45) is 0 Å². The molecule has 0 saturated heterocycles. The summed E-state index contributed by atoms with van der Waals surface area (Å²) in [5.74, 6) is -0.348. The SMILES string of the molecule is CCCNC(=O)CNS(=O)(=O)c1c(C)n[nH]c1C. The molecule has 0 unspecified atom stereocenters. The first-order chi connectivity index (χ1) is 8.38. The van der Waals surface area contributed by atoms with E-state index in [0.29, 0.717) is 17.9 Å². The van der Waals surface area contributed by atoms with Gasteiger partial charge >= 0.3 is 0 Å². The maximum absolute atomic E-state index is 12.0. The third-order valence-corrected chi connectivity index (χ3v) is 3.99. The first kappa shape index (κ1) is 14.7. The van der Waals surface area contributed by atoms with Crippen molar-refractivity contribution in [3.8, 4) is 0 Å². The molecule has 0 saturated carbocycles. The topological polar surface area (TPSA) is 104 Å². The lowest BCUT2D eigenvalue weighted by atomic mass is 10.4. The zero-order valence-corrected chi connectivity index (χ0v) is 11.5. The summed E-state index contributed by atoms with van der Waals surface area (Å²) in [6.45, 7) is 5.39. The average molecular weight is 274 g/mol. The molecular formula is C10H18N4O3S. The second-order valence-corrected chi connectivity index (χ2v) is 5.64. The van der Waals surface area contributed by atoms with Gasteiger partial charge in [-0.1, -0.05) is 6.92 Å². The van der Waals surface area contributed by atoms with E-state index in [1.807, 2.05) is 6.92 Å². The molecule has 1 rings (SSSR count). The fourth-order valence-electron chi connectivity index (χ4n) is 1.50. The standard InChI is InChI=1S/C10H18N4O3S/c1-4-5-11-9(15)6-12-18(16,17)10-7(2)13-14-8(10)3/h12H,4-6H2,1-3H3,(H,11,15)(H,13,14). The Kier molecular flexibility index (Phi) is 4.85. The van der Waals surface area contributed by atoms with E-state index in [4.69, 9.17) is 0 Å². The van der Waals surface area contributed by atoms with E-state index in [1.165, 1.54) is 0 Å². The van der Waals surface area contributed by atoms with E-state index in [0.717, 1.165) is 6.42 Å². The summed E-state index contributed by atoms with van der Waals surface area (Å²) in [7, 11) is -3.70. The van der Waals surface area contributed by atoms with Gasteiger partial charge in [-0.2, -0.15) is 5.10 Å². The van der Waals surface area contributed by atoms with Crippen LogP contribution in [0.1, 0.15) is 24.7 Å². The van der Waals surface area contributed by atoms with Crippen molar-refractivity contribution in [1.29, 1.82) is 0 Å². The monoisotopic (exact) mass is 274 g/mol. The second kappa shape index (κ2) is 5.96. The molecule has 0 bridgehead atoms. The van der Waals surface area contributed by atoms with Gasteiger partial charge in [-0.25, -0.2) is 13.1 Å². The molecule has 0 radical (unpaired) electrons. The van der Waals surface area contributed by atoms with Gasteiger partial charge in [-0.15, -0.1) is 0 Å². The van der Waals surface area contributed by atoms with Crippen molar-refractivity contribution in [3.05, 3.63) is 11.4 Å². The van der Waals surface area contributed by atoms with Crippen LogP contribution in [0.15, 0.2) is 4.90 Å². The molecule has 0 aliphatic heterocycles. The summed E-state index contributed by atoms with van der Waals surface area (Å²) in [4.78, 5) is 11.4. The van der Waals surface area contributed by atoms with Crippen LogP contribution in [-0.4, -0.2) is 37.6 Å². The molecule has 3 N–H and O–H groups in total. The number of nitrogens with zero attached hydrogens (tertiary/aromatic N) is 1. The fourth-order valence-corrected chi connectivity index (χ4v) is 2.84. The lowest BCUT2D eigenvalue weighted by Crippen LogP contribution is -2.37. The Balaban J connectivity index is 2.69. The van der Waals surface area contributed by atoms with E-state index in [9.17, 15) is 13.2 Å². The van der Waals surface area contributed by atoms with Crippen molar-refractivity contribution in [3.63, 3.8) is 0 Å². The number of aromatic nitrogens is 2. The fraction of sp³-hybridized carbons (Fsp3) is 0.600. The van der Waals surface area contributed by atoms with Gasteiger partial charge in [-0.05, 0) is 20.3 Å². The molecule has 0 aliphatic rings. The van der Waals surface area contributed by atoms with Crippen LogP contribution in [-0.2, 0) is 14.8 Å². The van der Waals surface area contributed by atoms with Crippen molar-refractivity contribution < 1.29 is 13.2 Å². The summed E-state index contributed by atoms with van der Waals surface area (Å²) < 4.78 is 26.2. The quantitative estimate of drug-likeness (QED) is 0.670. The third-order valence-electron chi connectivity index (χ3n) is 2.32. The number of hydrogen-bond acceptors (Lipinski definition) is 4. The van der Waals surface area contributed by atoms with E-state index in [-0.39, 0.29) is 17.3 Å². The number of rotatable bonds is 6. The van der Waals surface area contributed by atoms with Gasteiger partial charge in [0.15, 0.2) is 0 Å². The highest BCUT2D eigenvalue weighted by Gasteiger charge is 2.22. The smallest absolute Gasteiger partial charge is 0.244 e. The zero-order chi connectivity index (χ0) is 13.8. The number of carbonyl (C=O) groups excluding carboxylic acids is 1. The Labute approximate surface area is 106 Å². The Morgan fingerprint density at radius 1 is 1.39 bits per heavy atom. The predicted molar refractivity (Wildman–Crippen MR) is 66.6 cm³/mol. The molecule has 8 heteroatoms. The van der Waals surface area contributed by atoms with Crippen LogP contribution >= 0.6 is 0 Å². The van der Waals surface area contributed by atoms with Gasteiger partial charge in [0.05, 0.1) is 17.9 Å². The Bertz CT molecular complexity index is 502. The summed E-state index contributed by atoms with van der Waals surface area (Å²) >= 11 is 0. The third kappa shape index (κ3) is 3.54. The number of amides is 1. The van der Waals surface area contributed by atoms with Crippen molar-refractivity contribution in [1.82, 2.24) is 20.2 Å². The maximum atomic E-state index is 12.0. The molecule has 0 aromatic carbocycles. The lowest BCUT2D eigenvalue weighted by molar-refractivity contribution is -0.119. The highest BCUT2D eigenvalue weighted by Crippen LogP contribution is 2.15. The first-order valence-corrected chi connectivity index (χ1v) is 7.14. The molecule has 1 aromatic rings. The van der Waals surface area contributed by atoms with Crippen molar-refractivity contribution >= 4 is 15.9 Å². The summed E-state index contributed by atoms with van der Waals surface area (Å²) in [5.41, 5.74) is 0.836. The molecule has 7 nitrogen and oxygen atoms in total. The molecule has 0 atom stereocenters. The van der Waals surface area contributed by atoms with Gasteiger partial charge in [-0.3, -0.25) is 9.89 Å². The largest absolute Gasteiger partial charge is 0.355 e.